The van der Waals surface area contributed by atoms with Gasteiger partial charge in [0, 0.05) is 19.4 Å². The SMILES string of the molecule is O=c1nc2cccccc-2n1CC1CCC(F)(F)CC1. The van der Waals surface area contributed by atoms with Crippen molar-refractivity contribution in [2.24, 2.45) is 5.92 Å². The van der Waals surface area contributed by atoms with Crippen molar-refractivity contribution in [2.75, 3.05) is 0 Å². The summed E-state index contributed by atoms with van der Waals surface area (Å²) in [5.74, 6) is -2.40. The number of hydrogen-bond donors (Lipinski definition) is 0. The Hall–Kier alpha value is -1.78. The number of imidazole rings is 1. The number of nitrogens with zero attached hydrogens (tertiary/aromatic N) is 2. The lowest BCUT2D eigenvalue weighted by molar-refractivity contribution is -0.0473. The summed E-state index contributed by atoms with van der Waals surface area (Å²) in [6.07, 6.45) is 0.772. The van der Waals surface area contributed by atoms with Gasteiger partial charge >= 0.3 is 5.69 Å². The van der Waals surface area contributed by atoms with E-state index in [2.05, 4.69) is 4.98 Å². The molecular weight excluding hydrogens is 262 g/mol. The molecule has 0 aromatic rings. The molecular formula is C15H16F2N2O. The highest BCUT2D eigenvalue weighted by Gasteiger charge is 2.35. The molecule has 106 valence electrons. The molecule has 0 aromatic carbocycles. The second kappa shape index (κ2) is 4.96. The molecule has 0 unspecified atom stereocenters. The Labute approximate surface area is 115 Å². The van der Waals surface area contributed by atoms with Crippen molar-refractivity contribution in [1.29, 1.82) is 0 Å². The summed E-state index contributed by atoms with van der Waals surface area (Å²) >= 11 is 0. The molecule has 0 bridgehead atoms. The molecule has 1 heterocycles. The Morgan fingerprint density at radius 2 is 1.90 bits per heavy atom. The summed E-state index contributed by atoms with van der Waals surface area (Å²) in [7, 11) is 0. The van der Waals surface area contributed by atoms with Gasteiger partial charge in [-0.15, -0.1) is 0 Å². The first-order valence-corrected chi connectivity index (χ1v) is 6.89. The van der Waals surface area contributed by atoms with Gasteiger partial charge in [-0.2, -0.15) is 4.98 Å². The predicted octanol–water partition coefficient (Wildman–Crippen LogP) is 3.17. The van der Waals surface area contributed by atoms with Gasteiger partial charge < -0.3 is 0 Å². The van der Waals surface area contributed by atoms with Crippen molar-refractivity contribution in [2.45, 2.75) is 38.2 Å². The maximum absolute atomic E-state index is 13.2. The van der Waals surface area contributed by atoms with Crippen LogP contribution in [0.2, 0.25) is 0 Å². The standard InChI is InChI=1S/C15H16F2N2O/c16-15(17)8-6-11(7-9-15)10-19-13-5-3-1-2-4-12(13)18-14(19)20/h1-5,11H,6-10H2. The summed E-state index contributed by atoms with van der Waals surface area (Å²) in [5.41, 5.74) is 1.14. The molecule has 1 aliphatic heterocycles. The van der Waals surface area contributed by atoms with Crippen LogP contribution in [0.15, 0.2) is 35.1 Å². The molecule has 0 saturated heterocycles. The zero-order chi connectivity index (χ0) is 14.2. The van der Waals surface area contributed by atoms with Crippen molar-refractivity contribution in [1.82, 2.24) is 9.55 Å². The number of hydrogen-bond acceptors (Lipinski definition) is 2. The van der Waals surface area contributed by atoms with E-state index in [1.165, 1.54) is 0 Å². The van der Waals surface area contributed by atoms with Gasteiger partial charge in [0.25, 0.3) is 0 Å². The zero-order valence-corrected chi connectivity index (χ0v) is 11.1. The van der Waals surface area contributed by atoms with Crippen molar-refractivity contribution < 1.29 is 8.78 Å². The van der Waals surface area contributed by atoms with E-state index in [1.54, 1.807) is 10.6 Å². The molecule has 20 heavy (non-hydrogen) atoms. The highest BCUT2D eigenvalue weighted by Crippen LogP contribution is 2.37. The molecule has 2 aliphatic carbocycles. The first kappa shape index (κ1) is 13.2. The monoisotopic (exact) mass is 278 g/mol. The number of alkyl halides is 2. The summed E-state index contributed by atoms with van der Waals surface area (Å²) in [6, 6.07) is 9.20. The molecule has 5 heteroatoms. The van der Waals surface area contributed by atoms with Crippen molar-refractivity contribution in [3.8, 4) is 11.4 Å². The predicted molar refractivity (Wildman–Crippen MR) is 72.0 cm³/mol. The molecule has 1 fully saturated rings. The minimum absolute atomic E-state index is 0.0771. The maximum atomic E-state index is 13.2. The van der Waals surface area contributed by atoms with Crippen LogP contribution < -0.4 is 5.69 Å². The van der Waals surface area contributed by atoms with Crippen LogP contribution in [0.4, 0.5) is 8.78 Å². The minimum atomic E-state index is -2.53. The van der Waals surface area contributed by atoms with Crippen LogP contribution in [0.3, 0.4) is 0 Å². The second-order valence-corrected chi connectivity index (χ2v) is 5.49. The van der Waals surface area contributed by atoms with Gasteiger partial charge in [0.2, 0.25) is 5.92 Å². The van der Waals surface area contributed by atoms with E-state index >= 15 is 0 Å². The van der Waals surface area contributed by atoms with Gasteiger partial charge in [0.05, 0.1) is 11.4 Å². The van der Waals surface area contributed by atoms with Gasteiger partial charge in [-0.1, -0.05) is 18.2 Å². The zero-order valence-electron chi connectivity index (χ0n) is 11.1. The van der Waals surface area contributed by atoms with E-state index in [4.69, 9.17) is 0 Å². The Morgan fingerprint density at radius 3 is 2.65 bits per heavy atom. The summed E-state index contributed by atoms with van der Waals surface area (Å²) in [4.78, 5) is 16.0. The van der Waals surface area contributed by atoms with Crippen molar-refractivity contribution in [3.05, 3.63) is 40.8 Å². The number of fused-ring (bicyclic) bond motifs is 1. The van der Waals surface area contributed by atoms with Gasteiger partial charge in [-0.25, -0.2) is 13.6 Å². The number of aromatic nitrogens is 2. The Bertz CT molecular complexity index is 628. The summed E-state index contributed by atoms with van der Waals surface area (Å²) < 4.78 is 27.9. The molecule has 0 atom stereocenters. The van der Waals surface area contributed by atoms with Crippen LogP contribution in [0.25, 0.3) is 11.4 Å². The average Bonchev–Trinajstić information content (AvgIpc) is 2.58. The van der Waals surface area contributed by atoms with Crippen LogP contribution in [0.1, 0.15) is 25.7 Å². The highest BCUT2D eigenvalue weighted by molar-refractivity contribution is 5.55. The summed E-state index contributed by atoms with van der Waals surface area (Å²) in [5, 5.41) is 0. The molecule has 0 N–H and O–H groups in total. The topological polar surface area (TPSA) is 34.9 Å². The third-order valence-electron chi connectivity index (χ3n) is 4.01. The van der Waals surface area contributed by atoms with E-state index in [1.807, 2.05) is 24.3 Å². The fraction of sp³-hybridized carbons (Fsp3) is 0.467. The molecule has 3 nitrogen and oxygen atoms in total. The lowest BCUT2D eigenvalue weighted by Crippen LogP contribution is -2.29. The molecule has 0 radical (unpaired) electrons. The molecule has 3 rings (SSSR count). The third-order valence-corrected chi connectivity index (χ3v) is 4.01. The van der Waals surface area contributed by atoms with E-state index in [9.17, 15) is 13.6 Å². The Kier molecular flexibility index (Phi) is 3.28. The fourth-order valence-electron chi connectivity index (χ4n) is 2.83. The van der Waals surface area contributed by atoms with Crippen LogP contribution in [0, 0.1) is 5.92 Å². The normalized spacial score (nSPS) is 19.3. The molecule has 0 spiro atoms. The largest absolute Gasteiger partial charge is 0.348 e. The first-order valence-electron chi connectivity index (χ1n) is 6.89. The van der Waals surface area contributed by atoms with Crippen LogP contribution >= 0.6 is 0 Å². The number of rotatable bonds is 2. The average molecular weight is 278 g/mol. The Balaban J connectivity index is 1.83. The minimum Gasteiger partial charge on any atom is -0.290 e. The molecule has 0 amide bonds. The van der Waals surface area contributed by atoms with Gasteiger partial charge in [-0.3, -0.25) is 4.57 Å². The lowest BCUT2D eigenvalue weighted by Gasteiger charge is -2.28. The van der Waals surface area contributed by atoms with Crippen molar-refractivity contribution >= 4 is 0 Å². The maximum Gasteiger partial charge on any atom is 0.348 e. The quantitative estimate of drug-likeness (QED) is 0.845. The lowest BCUT2D eigenvalue weighted by atomic mass is 9.86. The van der Waals surface area contributed by atoms with Crippen LogP contribution in [0.5, 0.6) is 0 Å². The highest BCUT2D eigenvalue weighted by atomic mass is 19.3. The number of halogens is 2. The Morgan fingerprint density at radius 1 is 1.20 bits per heavy atom. The second-order valence-electron chi connectivity index (χ2n) is 5.49. The van der Waals surface area contributed by atoms with Gasteiger partial charge in [0.15, 0.2) is 0 Å². The fourth-order valence-corrected chi connectivity index (χ4v) is 2.83. The molecule has 1 saturated carbocycles. The van der Waals surface area contributed by atoms with E-state index < -0.39 is 5.92 Å². The molecule has 0 aromatic heterocycles. The van der Waals surface area contributed by atoms with E-state index in [0.717, 1.165) is 5.69 Å². The van der Waals surface area contributed by atoms with E-state index in [0.29, 0.717) is 25.1 Å². The van der Waals surface area contributed by atoms with Gasteiger partial charge in [0.1, 0.15) is 0 Å². The smallest absolute Gasteiger partial charge is 0.290 e. The van der Waals surface area contributed by atoms with Crippen LogP contribution in [-0.2, 0) is 6.54 Å². The van der Waals surface area contributed by atoms with Crippen molar-refractivity contribution in [3.63, 3.8) is 0 Å². The molecule has 3 aliphatic rings. The summed E-state index contributed by atoms with van der Waals surface area (Å²) in [6.45, 7) is 0.482. The first-order chi connectivity index (χ1) is 9.55. The van der Waals surface area contributed by atoms with Gasteiger partial charge in [-0.05, 0) is 30.9 Å². The van der Waals surface area contributed by atoms with E-state index in [-0.39, 0.29) is 24.4 Å². The third kappa shape index (κ3) is 2.57. The van der Waals surface area contributed by atoms with Crippen LogP contribution in [-0.4, -0.2) is 15.5 Å².